The summed E-state index contributed by atoms with van der Waals surface area (Å²) in [5, 5.41) is 0.652. The largest absolute Gasteiger partial charge is 0.493 e. The first-order chi connectivity index (χ1) is 10.0. The highest BCUT2D eigenvalue weighted by molar-refractivity contribution is 7.99. The highest BCUT2D eigenvalue weighted by Crippen LogP contribution is 2.16. The quantitative estimate of drug-likeness (QED) is 0.505. The van der Waals surface area contributed by atoms with E-state index in [1.54, 1.807) is 6.07 Å². The van der Waals surface area contributed by atoms with Gasteiger partial charge in [0.05, 0.1) is 12.3 Å². The van der Waals surface area contributed by atoms with Crippen LogP contribution in [-0.2, 0) is 0 Å². The van der Waals surface area contributed by atoms with Gasteiger partial charge in [-0.15, -0.1) is 0 Å². The molecule has 0 aliphatic rings. The first-order valence-corrected chi connectivity index (χ1v) is 7.96. The molecule has 0 fully saturated rings. The molecule has 112 valence electrons. The molecule has 0 aliphatic heterocycles. The molecule has 0 amide bonds. The van der Waals surface area contributed by atoms with E-state index in [9.17, 15) is 4.79 Å². The van der Waals surface area contributed by atoms with Gasteiger partial charge in [0.2, 0.25) is 0 Å². The molecule has 1 N–H and O–H groups in total. The number of thioether (sulfide) groups is 1. The number of nitrogens with zero attached hydrogens (tertiary/aromatic N) is 1. The molecule has 1 heterocycles. The Bertz CT molecular complexity index is 653. The molecular weight excluding hydrogens is 284 g/mol. The van der Waals surface area contributed by atoms with Crippen LogP contribution >= 0.6 is 11.8 Å². The van der Waals surface area contributed by atoms with Crippen LogP contribution in [0.3, 0.4) is 0 Å². The van der Waals surface area contributed by atoms with E-state index in [0.717, 1.165) is 17.2 Å². The molecule has 2 aromatic rings. The lowest BCUT2D eigenvalue weighted by molar-refractivity contribution is 0.343. The predicted molar refractivity (Wildman–Crippen MR) is 86.3 cm³/mol. The van der Waals surface area contributed by atoms with E-state index in [1.807, 2.05) is 45.0 Å². The summed E-state index contributed by atoms with van der Waals surface area (Å²) in [4.78, 5) is 18.8. The molecular formula is C16H20N2O2S. The van der Waals surface area contributed by atoms with Crippen LogP contribution in [0.1, 0.15) is 31.0 Å². The second-order valence-corrected chi connectivity index (χ2v) is 6.23. The molecule has 0 bridgehead atoms. The monoisotopic (exact) mass is 304 g/mol. The lowest BCUT2D eigenvalue weighted by Gasteiger charge is -2.08. The number of benzene rings is 1. The van der Waals surface area contributed by atoms with E-state index in [0.29, 0.717) is 11.8 Å². The molecule has 1 aromatic heterocycles. The lowest BCUT2D eigenvalue weighted by Crippen LogP contribution is -2.11. The summed E-state index contributed by atoms with van der Waals surface area (Å²) in [7, 11) is 0. The SMILES string of the molecule is Cc1cccc(OCCSc2nc(C(C)C)cc(=O)[nH]2)c1. The topological polar surface area (TPSA) is 55.0 Å². The predicted octanol–water partition coefficient (Wildman–Crippen LogP) is 3.37. The fourth-order valence-corrected chi connectivity index (χ4v) is 2.52. The van der Waals surface area contributed by atoms with Crippen molar-refractivity contribution in [3.63, 3.8) is 0 Å². The fraction of sp³-hybridized carbons (Fsp3) is 0.375. The van der Waals surface area contributed by atoms with Crippen molar-refractivity contribution in [1.82, 2.24) is 9.97 Å². The minimum atomic E-state index is -0.101. The molecule has 4 nitrogen and oxygen atoms in total. The molecule has 0 unspecified atom stereocenters. The molecule has 0 radical (unpaired) electrons. The van der Waals surface area contributed by atoms with E-state index in [2.05, 4.69) is 9.97 Å². The number of aryl methyl sites for hydroxylation is 1. The van der Waals surface area contributed by atoms with Crippen LogP contribution in [0.25, 0.3) is 0 Å². The molecule has 1 aromatic carbocycles. The second kappa shape index (κ2) is 7.31. The highest BCUT2D eigenvalue weighted by atomic mass is 32.2. The summed E-state index contributed by atoms with van der Waals surface area (Å²) in [5.41, 5.74) is 1.90. The maximum atomic E-state index is 11.6. The van der Waals surface area contributed by atoms with Gasteiger partial charge in [0.15, 0.2) is 5.16 Å². The minimum absolute atomic E-state index is 0.101. The van der Waals surface area contributed by atoms with Crippen molar-refractivity contribution in [2.24, 2.45) is 0 Å². The number of hydrogen-bond acceptors (Lipinski definition) is 4. The van der Waals surface area contributed by atoms with Crippen LogP contribution in [-0.4, -0.2) is 22.3 Å². The lowest BCUT2D eigenvalue weighted by atomic mass is 10.1. The Morgan fingerprint density at radius 1 is 1.33 bits per heavy atom. The maximum absolute atomic E-state index is 11.6. The second-order valence-electron chi connectivity index (χ2n) is 5.14. The van der Waals surface area contributed by atoms with Crippen molar-refractivity contribution < 1.29 is 4.74 Å². The van der Waals surface area contributed by atoms with Crippen LogP contribution in [0.15, 0.2) is 40.3 Å². The van der Waals surface area contributed by atoms with Crippen LogP contribution in [0.2, 0.25) is 0 Å². The summed E-state index contributed by atoms with van der Waals surface area (Å²) < 4.78 is 5.68. The number of rotatable bonds is 6. The van der Waals surface area contributed by atoms with Crippen molar-refractivity contribution in [3.05, 3.63) is 51.9 Å². The molecule has 0 atom stereocenters. The summed E-state index contributed by atoms with van der Waals surface area (Å²) in [6.45, 7) is 6.66. The van der Waals surface area contributed by atoms with E-state index in [4.69, 9.17) is 4.74 Å². The Morgan fingerprint density at radius 3 is 2.86 bits per heavy atom. The standard InChI is InChI=1S/C16H20N2O2S/c1-11(2)14-10-15(19)18-16(17-14)21-8-7-20-13-6-4-5-12(3)9-13/h4-6,9-11H,7-8H2,1-3H3,(H,17,18,19). The van der Waals surface area contributed by atoms with Gasteiger partial charge in [-0.2, -0.15) is 0 Å². The first-order valence-electron chi connectivity index (χ1n) is 6.98. The third-order valence-electron chi connectivity index (χ3n) is 2.91. The summed E-state index contributed by atoms with van der Waals surface area (Å²) in [6.07, 6.45) is 0. The van der Waals surface area contributed by atoms with Crippen molar-refractivity contribution in [1.29, 1.82) is 0 Å². The van der Waals surface area contributed by atoms with Gasteiger partial charge in [-0.25, -0.2) is 4.98 Å². The smallest absolute Gasteiger partial charge is 0.251 e. The Kier molecular flexibility index (Phi) is 5.44. The first kappa shape index (κ1) is 15.6. The summed E-state index contributed by atoms with van der Waals surface area (Å²) in [5.74, 6) is 1.85. The average Bonchev–Trinajstić information content (AvgIpc) is 2.43. The zero-order valence-electron chi connectivity index (χ0n) is 12.6. The van der Waals surface area contributed by atoms with Gasteiger partial charge < -0.3 is 9.72 Å². The summed E-state index contributed by atoms with van der Waals surface area (Å²) in [6, 6.07) is 9.51. The number of aromatic amines is 1. The molecule has 0 saturated heterocycles. The zero-order valence-corrected chi connectivity index (χ0v) is 13.4. The third-order valence-corrected chi connectivity index (χ3v) is 3.75. The van der Waals surface area contributed by atoms with E-state index >= 15 is 0 Å². The van der Waals surface area contributed by atoms with Crippen LogP contribution in [0.5, 0.6) is 5.75 Å². The zero-order chi connectivity index (χ0) is 15.2. The molecule has 0 spiro atoms. The third kappa shape index (κ3) is 4.93. The Hall–Kier alpha value is -1.75. The number of H-pyrrole nitrogens is 1. The van der Waals surface area contributed by atoms with Gasteiger partial charge in [0, 0.05) is 11.8 Å². The van der Waals surface area contributed by atoms with E-state index in [-0.39, 0.29) is 11.5 Å². The maximum Gasteiger partial charge on any atom is 0.251 e. The average molecular weight is 304 g/mol. The van der Waals surface area contributed by atoms with Crippen molar-refractivity contribution in [3.8, 4) is 5.75 Å². The van der Waals surface area contributed by atoms with Gasteiger partial charge in [0.25, 0.3) is 5.56 Å². The Morgan fingerprint density at radius 2 is 2.14 bits per heavy atom. The van der Waals surface area contributed by atoms with Crippen LogP contribution in [0, 0.1) is 6.92 Å². The molecule has 2 rings (SSSR count). The number of nitrogens with one attached hydrogen (secondary N) is 1. The molecule has 0 saturated carbocycles. The Balaban J connectivity index is 1.87. The Labute approximate surface area is 129 Å². The highest BCUT2D eigenvalue weighted by Gasteiger charge is 2.05. The summed E-state index contributed by atoms with van der Waals surface area (Å²) >= 11 is 1.50. The molecule has 0 aliphatic carbocycles. The molecule has 21 heavy (non-hydrogen) atoms. The van der Waals surface area contributed by atoms with E-state index in [1.165, 1.54) is 17.3 Å². The number of aromatic nitrogens is 2. The molecule has 5 heteroatoms. The van der Waals surface area contributed by atoms with Crippen molar-refractivity contribution in [2.75, 3.05) is 12.4 Å². The number of hydrogen-bond donors (Lipinski definition) is 1. The van der Waals surface area contributed by atoms with Gasteiger partial charge in [-0.3, -0.25) is 4.79 Å². The minimum Gasteiger partial charge on any atom is -0.493 e. The van der Waals surface area contributed by atoms with Gasteiger partial charge >= 0.3 is 0 Å². The van der Waals surface area contributed by atoms with Gasteiger partial charge in [-0.05, 0) is 30.5 Å². The van der Waals surface area contributed by atoms with Gasteiger partial charge in [0.1, 0.15) is 5.75 Å². The fourth-order valence-electron chi connectivity index (χ4n) is 1.82. The van der Waals surface area contributed by atoms with Crippen LogP contribution in [0.4, 0.5) is 0 Å². The normalized spacial score (nSPS) is 10.9. The van der Waals surface area contributed by atoms with Gasteiger partial charge in [-0.1, -0.05) is 37.7 Å². The number of ether oxygens (including phenoxy) is 1. The van der Waals surface area contributed by atoms with Crippen molar-refractivity contribution in [2.45, 2.75) is 31.8 Å². The van der Waals surface area contributed by atoms with Crippen molar-refractivity contribution >= 4 is 11.8 Å². The van der Waals surface area contributed by atoms with Crippen LogP contribution < -0.4 is 10.3 Å². The van der Waals surface area contributed by atoms with E-state index < -0.39 is 0 Å².